The number of phenolic OH excluding ortho intramolecular Hbond substituents is 1. The lowest BCUT2D eigenvalue weighted by atomic mass is 9.87. The van der Waals surface area contributed by atoms with E-state index in [-0.39, 0.29) is 0 Å². The van der Waals surface area contributed by atoms with E-state index in [1.54, 1.807) is 6.07 Å². The number of fused-ring (bicyclic) bond motifs is 1. The van der Waals surface area contributed by atoms with Gasteiger partial charge in [0.05, 0.1) is 6.33 Å². The number of phenols is 1. The molecule has 0 saturated heterocycles. The summed E-state index contributed by atoms with van der Waals surface area (Å²) in [4.78, 5) is 4.05. The van der Waals surface area contributed by atoms with Crippen molar-refractivity contribution in [1.82, 2.24) is 14.9 Å². The molecule has 1 aliphatic rings. The minimum absolute atomic E-state index is 0.384. The van der Waals surface area contributed by atoms with E-state index in [9.17, 15) is 5.11 Å². The van der Waals surface area contributed by atoms with Gasteiger partial charge in [-0.2, -0.15) is 0 Å². The molecule has 112 valence electrons. The Hall–Kier alpha value is -1.81. The zero-order valence-electron chi connectivity index (χ0n) is 12.3. The molecule has 0 amide bonds. The normalized spacial score (nSPS) is 17.6. The molecule has 2 N–H and O–H groups in total. The second kappa shape index (κ2) is 6.76. The van der Waals surface area contributed by atoms with Crippen molar-refractivity contribution < 1.29 is 5.11 Å². The van der Waals surface area contributed by atoms with Crippen molar-refractivity contribution in [3.05, 3.63) is 48.0 Å². The van der Waals surface area contributed by atoms with Crippen LogP contribution in [0, 0.1) is 0 Å². The van der Waals surface area contributed by atoms with Gasteiger partial charge in [-0.3, -0.25) is 0 Å². The van der Waals surface area contributed by atoms with Crippen LogP contribution in [-0.4, -0.2) is 21.2 Å². The molecule has 1 unspecified atom stereocenters. The van der Waals surface area contributed by atoms with Gasteiger partial charge in [-0.15, -0.1) is 0 Å². The van der Waals surface area contributed by atoms with E-state index in [0.29, 0.717) is 11.8 Å². The summed E-state index contributed by atoms with van der Waals surface area (Å²) < 4.78 is 2.12. The SMILES string of the molecule is Oc1ccc2c(c1)CCCC2NCCCCn1ccnc1. The lowest BCUT2D eigenvalue weighted by Crippen LogP contribution is -2.26. The molecule has 0 bridgehead atoms. The molecule has 2 aromatic rings. The predicted molar refractivity (Wildman–Crippen MR) is 83.2 cm³/mol. The van der Waals surface area contributed by atoms with Crippen LogP contribution in [0.4, 0.5) is 0 Å². The van der Waals surface area contributed by atoms with Gasteiger partial charge in [-0.05, 0) is 61.9 Å². The topological polar surface area (TPSA) is 50.1 Å². The van der Waals surface area contributed by atoms with Crippen molar-refractivity contribution in [3.8, 4) is 5.75 Å². The molecule has 1 aromatic heterocycles. The highest BCUT2D eigenvalue weighted by atomic mass is 16.3. The van der Waals surface area contributed by atoms with Crippen molar-refractivity contribution in [3.63, 3.8) is 0 Å². The maximum Gasteiger partial charge on any atom is 0.115 e. The highest BCUT2D eigenvalue weighted by Crippen LogP contribution is 2.31. The monoisotopic (exact) mass is 285 g/mol. The molecule has 0 spiro atoms. The number of nitrogens with one attached hydrogen (secondary N) is 1. The average Bonchev–Trinajstić information content (AvgIpc) is 3.00. The van der Waals surface area contributed by atoms with Gasteiger partial charge < -0.3 is 15.0 Å². The Bertz CT molecular complexity index is 565. The minimum atomic E-state index is 0.384. The molecular weight excluding hydrogens is 262 g/mol. The number of imidazole rings is 1. The Labute approximate surface area is 125 Å². The summed E-state index contributed by atoms with van der Waals surface area (Å²) in [6.45, 7) is 2.08. The first-order valence-corrected chi connectivity index (χ1v) is 7.84. The van der Waals surface area contributed by atoms with Crippen molar-refractivity contribution in [2.45, 2.75) is 44.7 Å². The number of hydrogen-bond acceptors (Lipinski definition) is 3. The first-order valence-electron chi connectivity index (χ1n) is 7.84. The maximum absolute atomic E-state index is 9.58. The molecule has 4 heteroatoms. The molecule has 1 aliphatic carbocycles. The molecule has 3 rings (SSSR count). The molecule has 0 radical (unpaired) electrons. The quantitative estimate of drug-likeness (QED) is 0.802. The molecule has 1 atom stereocenters. The third-order valence-electron chi connectivity index (χ3n) is 4.23. The van der Waals surface area contributed by atoms with E-state index < -0.39 is 0 Å². The van der Waals surface area contributed by atoms with E-state index in [1.807, 2.05) is 24.8 Å². The van der Waals surface area contributed by atoms with Crippen molar-refractivity contribution in [2.75, 3.05) is 6.54 Å². The van der Waals surface area contributed by atoms with Gasteiger partial charge in [-0.1, -0.05) is 6.07 Å². The summed E-state index contributed by atoms with van der Waals surface area (Å²) in [6.07, 6.45) is 11.5. The molecule has 4 nitrogen and oxygen atoms in total. The van der Waals surface area contributed by atoms with E-state index in [1.165, 1.54) is 36.8 Å². The molecular formula is C17H23N3O. The van der Waals surface area contributed by atoms with Crippen LogP contribution in [0.2, 0.25) is 0 Å². The summed E-state index contributed by atoms with van der Waals surface area (Å²) in [5, 5.41) is 13.3. The van der Waals surface area contributed by atoms with Crippen molar-refractivity contribution >= 4 is 0 Å². The Kier molecular flexibility index (Phi) is 4.55. The Morgan fingerprint density at radius 2 is 2.29 bits per heavy atom. The van der Waals surface area contributed by atoms with Gasteiger partial charge in [0.25, 0.3) is 0 Å². The first kappa shape index (κ1) is 14.1. The summed E-state index contributed by atoms with van der Waals surface area (Å²) in [5.74, 6) is 0.384. The molecule has 0 fully saturated rings. The third-order valence-corrected chi connectivity index (χ3v) is 4.23. The van der Waals surface area contributed by atoms with Crippen LogP contribution in [-0.2, 0) is 13.0 Å². The second-order valence-corrected chi connectivity index (χ2v) is 5.79. The van der Waals surface area contributed by atoms with Gasteiger partial charge >= 0.3 is 0 Å². The third kappa shape index (κ3) is 3.64. The highest BCUT2D eigenvalue weighted by molar-refractivity contribution is 5.38. The average molecular weight is 285 g/mol. The summed E-state index contributed by atoms with van der Waals surface area (Å²) in [7, 11) is 0. The summed E-state index contributed by atoms with van der Waals surface area (Å²) in [5.41, 5.74) is 2.67. The second-order valence-electron chi connectivity index (χ2n) is 5.79. The summed E-state index contributed by atoms with van der Waals surface area (Å²) >= 11 is 0. The molecule has 1 aromatic carbocycles. The van der Waals surface area contributed by atoms with Gasteiger partial charge in [0.15, 0.2) is 0 Å². The number of unbranched alkanes of at least 4 members (excludes halogenated alkanes) is 1. The fraction of sp³-hybridized carbons (Fsp3) is 0.471. The number of benzene rings is 1. The molecule has 1 heterocycles. The first-order chi connectivity index (χ1) is 10.3. The van der Waals surface area contributed by atoms with Crippen molar-refractivity contribution in [2.24, 2.45) is 0 Å². The number of rotatable bonds is 6. The lowest BCUT2D eigenvalue weighted by Gasteiger charge is -2.26. The smallest absolute Gasteiger partial charge is 0.115 e. The van der Waals surface area contributed by atoms with E-state index in [0.717, 1.165) is 19.5 Å². The van der Waals surface area contributed by atoms with Gasteiger partial charge in [-0.25, -0.2) is 4.98 Å². The highest BCUT2D eigenvalue weighted by Gasteiger charge is 2.19. The number of aromatic nitrogens is 2. The van der Waals surface area contributed by atoms with Gasteiger partial charge in [0, 0.05) is 25.0 Å². The fourth-order valence-corrected chi connectivity index (χ4v) is 3.13. The molecule has 21 heavy (non-hydrogen) atoms. The number of aromatic hydroxyl groups is 1. The largest absolute Gasteiger partial charge is 0.508 e. The standard InChI is InChI=1S/C17H23N3O/c21-15-6-7-16-14(12-15)4-3-5-17(16)19-8-1-2-10-20-11-9-18-13-20/h6-7,9,11-13,17,19,21H,1-5,8,10H2. The predicted octanol–water partition coefficient (Wildman–Crippen LogP) is 3.04. The van der Waals surface area contributed by atoms with Crippen LogP contribution in [0.25, 0.3) is 0 Å². The van der Waals surface area contributed by atoms with Crippen LogP contribution in [0.1, 0.15) is 42.9 Å². The summed E-state index contributed by atoms with van der Waals surface area (Å²) in [6, 6.07) is 6.25. The minimum Gasteiger partial charge on any atom is -0.508 e. The number of aryl methyl sites for hydroxylation is 2. The zero-order valence-corrected chi connectivity index (χ0v) is 12.3. The van der Waals surface area contributed by atoms with Gasteiger partial charge in [0.2, 0.25) is 0 Å². The van der Waals surface area contributed by atoms with Gasteiger partial charge in [0.1, 0.15) is 5.75 Å². The zero-order chi connectivity index (χ0) is 14.5. The van der Waals surface area contributed by atoms with Crippen LogP contribution in [0.3, 0.4) is 0 Å². The molecule has 0 aliphatic heterocycles. The van der Waals surface area contributed by atoms with E-state index in [2.05, 4.69) is 20.9 Å². The lowest BCUT2D eigenvalue weighted by molar-refractivity contribution is 0.440. The fourth-order valence-electron chi connectivity index (χ4n) is 3.13. The van der Waals surface area contributed by atoms with E-state index >= 15 is 0 Å². The van der Waals surface area contributed by atoms with E-state index in [4.69, 9.17) is 0 Å². The van der Waals surface area contributed by atoms with Crippen molar-refractivity contribution in [1.29, 1.82) is 0 Å². The maximum atomic E-state index is 9.58. The Morgan fingerprint density at radius 3 is 3.14 bits per heavy atom. The Morgan fingerprint density at radius 1 is 1.33 bits per heavy atom. The van der Waals surface area contributed by atoms with Crippen LogP contribution < -0.4 is 5.32 Å². The molecule has 0 saturated carbocycles. The Balaban J connectivity index is 1.46. The van der Waals surface area contributed by atoms with Crippen LogP contribution >= 0.6 is 0 Å². The van der Waals surface area contributed by atoms with Crippen LogP contribution in [0.15, 0.2) is 36.9 Å². The number of hydrogen-bond donors (Lipinski definition) is 2. The number of nitrogens with zero attached hydrogens (tertiary/aromatic N) is 2. The van der Waals surface area contributed by atoms with Crippen LogP contribution in [0.5, 0.6) is 5.75 Å².